The van der Waals surface area contributed by atoms with Gasteiger partial charge in [0.05, 0.1) is 12.5 Å². The van der Waals surface area contributed by atoms with Gasteiger partial charge in [0.1, 0.15) is 0 Å². The lowest BCUT2D eigenvalue weighted by molar-refractivity contribution is -0.463. The number of halogens is 1. The van der Waals surface area contributed by atoms with Gasteiger partial charge in [-0.25, -0.2) is 0 Å². The van der Waals surface area contributed by atoms with Gasteiger partial charge in [0.15, 0.2) is 0 Å². The number of hydrogen-bond acceptors (Lipinski definition) is 0. The molecule has 2 rings (SSSR count). The van der Waals surface area contributed by atoms with Crippen molar-refractivity contribution in [2.75, 3.05) is 6.54 Å². The Hall–Kier alpha value is -1.80. The van der Waals surface area contributed by atoms with Crippen LogP contribution in [0.1, 0.15) is 75.6 Å². The summed E-state index contributed by atoms with van der Waals surface area (Å²) in [4.78, 5) is 3.47. The number of nitrogens with two attached hydrogens (primary N) is 1. The smallest absolute Gasteiger partial charge is 0.247 e. The maximum Gasteiger partial charge on any atom is 0.247 e. The largest absolute Gasteiger partial charge is 1.00 e. The maximum absolute atomic E-state index is 6.38. The van der Waals surface area contributed by atoms with Crippen LogP contribution in [0.4, 0.5) is 0 Å². The van der Waals surface area contributed by atoms with E-state index in [1.807, 2.05) is 0 Å². The summed E-state index contributed by atoms with van der Waals surface area (Å²) < 4.78 is 0. The Balaban J connectivity index is 0.00000420. The van der Waals surface area contributed by atoms with Crippen LogP contribution in [0.25, 0.3) is 0 Å². The van der Waals surface area contributed by atoms with E-state index in [4.69, 9.17) is 5.73 Å². The molecule has 160 valence electrons. The van der Waals surface area contributed by atoms with Crippen molar-refractivity contribution in [1.29, 1.82) is 0 Å². The van der Waals surface area contributed by atoms with Crippen LogP contribution in [0.15, 0.2) is 48.5 Å². The number of rotatable bonds is 9. The average Bonchev–Trinajstić information content (AvgIpc) is 2.65. The fourth-order valence-corrected chi connectivity index (χ4v) is 3.59. The molecule has 2 unspecified atom stereocenters. The van der Waals surface area contributed by atoms with E-state index in [1.165, 1.54) is 22.3 Å². The Morgan fingerprint density at radius 2 is 1.14 bits per heavy atom. The third-order valence-corrected chi connectivity index (χ3v) is 5.40. The second kappa shape index (κ2) is 12.0. The molecule has 0 fully saturated rings. The lowest BCUT2D eigenvalue weighted by atomic mass is 9.95. The first-order valence-electron chi connectivity index (χ1n) is 10.8. The summed E-state index contributed by atoms with van der Waals surface area (Å²) in [6, 6.07) is 18.0. The Morgan fingerprint density at radius 3 is 1.55 bits per heavy atom. The molecule has 0 amide bonds. The zero-order valence-electron chi connectivity index (χ0n) is 19.0. The molecule has 0 aliphatic carbocycles. The van der Waals surface area contributed by atoms with E-state index in [0.717, 1.165) is 25.2 Å². The van der Waals surface area contributed by atoms with Crippen molar-refractivity contribution < 1.29 is 17.4 Å². The van der Waals surface area contributed by atoms with Crippen LogP contribution in [0, 0.1) is 11.8 Å². The van der Waals surface area contributed by atoms with Crippen LogP contribution in [-0.2, 0) is 12.8 Å². The zero-order chi connectivity index (χ0) is 20.7. The highest BCUT2D eigenvalue weighted by Crippen LogP contribution is 2.18. The fraction of sp³-hybridized carbons (Fsp3) is 0.500. The lowest BCUT2D eigenvalue weighted by Crippen LogP contribution is -3.00. The van der Waals surface area contributed by atoms with Gasteiger partial charge in [-0.3, -0.25) is 10.7 Å². The molecule has 2 atom stereocenters. The molecular weight excluding hydrogens is 376 g/mol. The van der Waals surface area contributed by atoms with Crippen LogP contribution < -0.4 is 23.1 Å². The topological polar surface area (TPSA) is 40.0 Å². The Morgan fingerprint density at radius 1 is 0.724 bits per heavy atom. The predicted molar refractivity (Wildman–Crippen MR) is 122 cm³/mol. The monoisotopic (exact) mass is 414 g/mol. The highest BCUT2D eigenvalue weighted by Gasteiger charge is 2.16. The normalized spacial score (nSPS) is 14.0. The molecule has 3 N–H and O–H groups in total. The van der Waals surface area contributed by atoms with Gasteiger partial charge in [-0.15, -0.1) is 0 Å². The minimum Gasteiger partial charge on any atom is -1.00 e. The first kappa shape index (κ1) is 25.2. The van der Waals surface area contributed by atoms with E-state index in [2.05, 4.69) is 95.1 Å². The summed E-state index contributed by atoms with van der Waals surface area (Å²) in [5.41, 5.74) is 11.8. The highest BCUT2D eigenvalue weighted by molar-refractivity contribution is 5.81. The van der Waals surface area contributed by atoms with Gasteiger partial charge in [-0.1, -0.05) is 83.1 Å². The van der Waals surface area contributed by atoms with Crippen molar-refractivity contribution in [3.8, 4) is 0 Å². The first-order chi connectivity index (χ1) is 13.3. The standard InChI is InChI=1S/C26H38N2.ClH/c1-18(2)15-22-7-11-24(12-8-22)20(5)17-28-26(27)21(6)25-13-9-23(10-14-25)16-19(3)4;/h7-14,18-21H,15-17H2,1-6H3,(H2,27,28);1H. The van der Waals surface area contributed by atoms with Crippen LogP contribution in [0.5, 0.6) is 0 Å². The molecule has 0 aliphatic heterocycles. The quantitative estimate of drug-likeness (QED) is 0.473. The summed E-state index contributed by atoms with van der Waals surface area (Å²) >= 11 is 0. The molecule has 0 aliphatic rings. The third-order valence-electron chi connectivity index (χ3n) is 5.40. The number of amidine groups is 1. The second-order valence-electron chi connectivity index (χ2n) is 9.14. The molecule has 0 heterocycles. The lowest BCUT2D eigenvalue weighted by Gasteiger charge is -2.12. The third kappa shape index (κ3) is 8.22. The van der Waals surface area contributed by atoms with Crippen LogP contribution in [0.3, 0.4) is 0 Å². The van der Waals surface area contributed by atoms with Crippen LogP contribution in [0.2, 0.25) is 0 Å². The number of benzene rings is 2. The van der Waals surface area contributed by atoms with Gasteiger partial charge in [0.2, 0.25) is 5.84 Å². The van der Waals surface area contributed by atoms with E-state index in [9.17, 15) is 0 Å². The molecule has 2 nitrogen and oxygen atoms in total. The molecule has 0 saturated heterocycles. The molecular formula is C26H39ClN2. The minimum absolute atomic E-state index is 0. The summed E-state index contributed by atoms with van der Waals surface area (Å²) in [7, 11) is 0. The summed E-state index contributed by atoms with van der Waals surface area (Å²) in [5, 5.41) is 0. The van der Waals surface area contributed by atoms with Crippen molar-refractivity contribution in [2.24, 2.45) is 17.6 Å². The summed E-state index contributed by atoms with van der Waals surface area (Å²) in [5.74, 6) is 2.85. The van der Waals surface area contributed by atoms with Crippen LogP contribution in [-0.4, -0.2) is 12.4 Å². The summed E-state index contributed by atoms with van der Waals surface area (Å²) in [6.07, 6.45) is 2.26. The van der Waals surface area contributed by atoms with Crippen molar-refractivity contribution in [3.05, 3.63) is 70.8 Å². The zero-order valence-corrected chi connectivity index (χ0v) is 19.8. The number of hydrogen-bond donors (Lipinski definition) is 2. The molecule has 2 aromatic rings. The SMILES string of the molecule is CC(C)Cc1ccc(C(C)C[NH+]=C(N)C(C)c2ccc(CC(C)C)cc2)cc1.[Cl-]. The van der Waals surface area contributed by atoms with E-state index in [0.29, 0.717) is 17.8 Å². The molecule has 3 heteroatoms. The first-order valence-corrected chi connectivity index (χ1v) is 10.8. The molecule has 0 radical (unpaired) electrons. The van der Waals surface area contributed by atoms with Gasteiger partial charge >= 0.3 is 0 Å². The average molecular weight is 415 g/mol. The van der Waals surface area contributed by atoms with Gasteiger partial charge in [-0.05, 0) is 53.9 Å². The predicted octanol–water partition coefficient (Wildman–Crippen LogP) is 1.43. The van der Waals surface area contributed by atoms with Crippen molar-refractivity contribution in [1.82, 2.24) is 0 Å². The van der Waals surface area contributed by atoms with Gasteiger partial charge in [0.25, 0.3) is 0 Å². The Bertz CT molecular complexity index is 745. The van der Waals surface area contributed by atoms with Crippen LogP contribution >= 0.6 is 0 Å². The van der Waals surface area contributed by atoms with E-state index < -0.39 is 0 Å². The molecule has 0 saturated carbocycles. The summed E-state index contributed by atoms with van der Waals surface area (Å²) in [6.45, 7) is 14.3. The molecule has 0 aromatic heterocycles. The van der Waals surface area contributed by atoms with E-state index in [-0.39, 0.29) is 18.3 Å². The van der Waals surface area contributed by atoms with Gasteiger partial charge < -0.3 is 12.4 Å². The second-order valence-corrected chi connectivity index (χ2v) is 9.14. The van der Waals surface area contributed by atoms with Crippen molar-refractivity contribution in [3.63, 3.8) is 0 Å². The molecule has 0 spiro atoms. The van der Waals surface area contributed by atoms with Gasteiger partial charge in [0, 0.05) is 5.92 Å². The van der Waals surface area contributed by atoms with Crippen molar-refractivity contribution >= 4 is 5.84 Å². The number of nitrogens with one attached hydrogen (secondary N) is 1. The molecule has 29 heavy (non-hydrogen) atoms. The fourth-order valence-electron chi connectivity index (χ4n) is 3.59. The van der Waals surface area contributed by atoms with Crippen molar-refractivity contribution in [2.45, 2.75) is 66.2 Å². The molecule has 0 bridgehead atoms. The molecule has 2 aromatic carbocycles. The minimum atomic E-state index is 0. The van der Waals surface area contributed by atoms with E-state index in [1.54, 1.807) is 0 Å². The highest BCUT2D eigenvalue weighted by atomic mass is 35.5. The van der Waals surface area contributed by atoms with Gasteiger partial charge in [-0.2, -0.15) is 0 Å². The Labute approximate surface area is 184 Å². The van der Waals surface area contributed by atoms with E-state index >= 15 is 0 Å². The Kier molecular flexibility index (Phi) is 10.5. The maximum atomic E-state index is 6.38.